The van der Waals surface area contributed by atoms with Crippen LogP contribution >= 0.6 is 11.6 Å². The molecule has 0 aliphatic carbocycles. The normalized spacial score (nSPS) is 10.9. The van der Waals surface area contributed by atoms with Gasteiger partial charge in [0.1, 0.15) is 5.82 Å². The van der Waals surface area contributed by atoms with E-state index in [9.17, 15) is 9.18 Å². The average molecular weight is 349 g/mol. The van der Waals surface area contributed by atoms with E-state index >= 15 is 0 Å². The number of rotatable bonds is 7. The van der Waals surface area contributed by atoms with Crippen LogP contribution in [0.5, 0.6) is 0 Å². The van der Waals surface area contributed by atoms with Gasteiger partial charge in [-0.1, -0.05) is 49.7 Å². The smallest absolute Gasteiger partial charge is 0.254 e. The number of nitrogens with one attached hydrogen (secondary N) is 1. The van der Waals surface area contributed by atoms with Gasteiger partial charge < -0.3 is 5.32 Å². The second-order valence-electron chi connectivity index (χ2n) is 5.58. The lowest BCUT2D eigenvalue weighted by atomic mass is 10.1. The number of nitrogens with zero attached hydrogens (tertiary/aromatic N) is 1. The molecule has 0 aliphatic heterocycles. The average Bonchev–Trinajstić information content (AvgIpc) is 2.60. The van der Waals surface area contributed by atoms with Crippen molar-refractivity contribution >= 4 is 17.5 Å². The minimum Gasteiger partial charge on any atom is -0.348 e. The molecule has 0 unspecified atom stereocenters. The highest BCUT2D eigenvalue weighted by Crippen LogP contribution is 2.15. The molecule has 0 spiro atoms. The molecule has 24 heavy (non-hydrogen) atoms. The van der Waals surface area contributed by atoms with Gasteiger partial charge in [-0.15, -0.1) is 0 Å². The molecule has 0 aliphatic rings. The van der Waals surface area contributed by atoms with Gasteiger partial charge in [-0.05, 0) is 42.4 Å². The second kappa shape index (κ2) is 8.81. The molecule has 128 valence electrons. The first-order valence-corrected chi connectivity index (χ1v) is 8.44. The van der Waals surface area contributed by atoms with Crippen LogP contribution in [0.2, 0.25) is 5.02 Å². The van der Waals surface area contributed by atoms with E-state index < -0.39 is 11.7 Å². The molecule has 1 N–H and O–H groups in total. The summed E-state index contributed by atoms with van der Waals surface area (Å²) in [5, 5.41) is 3.05. The predicted octanol–water partition coefficient (Wildman–Crippen LogP) is 4.25. The molecule has 0 atom stereocenters. The molecule has 2 aromatic rings. The van der Waals surface area contributed by atoms with Crippen LogP contribution in [0, 0.1) is 5.82 Å². The van der Waals surface area contributed by atoms with Gasteiger partial charge in [0, 0.05) is 18.1 Å². The van der Waals surface area contributed by atoms with Crippen molar-refractivity contribution in [3.63, 3.8) is 0 Å². The predicted molar refractivity (Wildman–Crippen MR) is 95.6 cm³/mol. The summed E-state index contributed by atoms with van der Waals surface area (Å²) in [6, 6.07) is 12.0. The third-order valence-corrected chi connectivity index (χ3v) is 4.18. The van der Waals surface area contributed by atoms with E-state index in [4.69, 9.17) is 11.6 Å². The molecule has 0 heterocycles. The fourth-order valence-electron chi connectivity index (χ4n) is 2.42. The van der Waals surface area contributed by atoms with Crippen LogP contribution in [0.25, 0.3) is 0 Å². The van der Waals surface area contributed by atoms with Crippen molar-refractivity contribution in [1.29, 1.82) is 0 Å². The van der Waals surface area contributed by atoms with E-state index in [1.54, 1.807) is 0 Å². The minimum absolute atomic E-state index is 0.0411. The Morgan fingerprint density at radius 2 is 1.71 bits per heavy atom. The number of halogens is 2. The third kappa shape index (κ3) is 5.05. The van der Waals surface area contributed by atoms with E-state index in [1.807, 2.05) is 12.1 Å². The highest BCUT2D eigenvalue weighted by atomic mass is 35.5. The molecule has 2 aromatic carbocycles. The highest BCUT2D eigenvalue weighted by Gasteiger charge is 2.12. The van der Waals surface area contributed by atoms with Crippen molar-refractivity contribution in [3.8, 4) is 0 Å². The molecule has 0 saturated heterocycles. The fraction of sp³-hybridized carbons (Fsp3) is 0.316. The molecule has 1 amide bonds. The lowest BCUT2D eigenvalue weighted by Gasteiger charge is -2.18. The largest absolute Gasteiger partial charge is 0.348 e. The van der Waals surface area contributed by atoms with Gasteiger partial charge in [-0.3, -0.25) is 9.69 Å². The summed E-state index contributed by atoms with van der Waals surface area (Å²) < 4.78 is 13.7. The maximum Gasteiger partial charge on any atom is 0.254 e. The zero-order valence-electron chi connectivity index (χ0n) is 14.0. The monoisotopic (exact) mass is 348 g/mol. The van der Waals surface area contributed by atoms with E-state index in [0.29, 0.717) is 11.6 Å². The topological polar surface area (TPSA) is 32.3 Å². The number of carbonyl (C=O) groups excluding carboxylic acids is 1. The molecular formula is C19H22ClFN2O. The van der Waals surface area contributed by atoms with E-state index in [2.05, 4.69) is 36.2 Å². The Hall–Kier alpha value is -1.91. The van der Waals surface area contributed by atoms with Crippen molar-refractivity contribution in [1.82, 2.24) is 10.2 Å². The number of amides is 1. The maximum absolute atomic E-state index is 13.7. The van der Waals surface area contributed by atoms with Crippen LogP contribution in [0.3, 0.4) is 0 Å². The molecule has 3 nitrogen and oxygen atoms in total. The van der Waals surface area contributed by atoms with Crippen LogP contribution in [0.1, 0.15) is 35.3 Å². The van der Waals surface area contributed by atoms with E-state index in [-0.39, 0.29) is 5.56 Å². The SMILES string of the molecule is CCN(CC)Cc1ccc(CNC(=O)c2cc(Cl)ccc2F)cc1. The van der Waals surface area contributed by atoms with Crippen LogP contribution in [-0.2, 0) is 13.1 Å². The Morgan fingerprint density at radius 3 is 2.33 bits per heavy atom. The quantitative estimate of drug-likeness (QED) is 0.811. The van der Waals surface area contributed by atoms with Crippen molar-refractivity contribution in [2.45, 2.75) is 26.9 Å². The first-order chi connectivity index (χ1) is 11.5. The molecule has 0 radical (unpaired) electrons. The Bertz CT molecular complexity index is 684. The zero-order chi connectivity index (χ0) is 17.5. The molecule has 0 saturated carbocycles. The summed E-state index contributed by atoms with van der Waals surface area (Å²) in [5.41, 5.74) is 2.16. The lowest BCUT2D eigenvalue weighted by molar-refractivity contribution is 0.0947. The van der Waals surface area contributed by atoms with Gasteiger partial charge in [0.25, 0.3) is 5.91 Å². The molecular weight excluding hydrogens is 327 g/mol. The third-order valence-electron chi connectivity index (χ3n) is 3.95. The minimum atomic E-state index is -0.577. The first-order valence-electron chi connectivity index (χ1n) is 8.07. The van der Waals surface area contributed by atoms with Gasteiger partial charge in [0.2, 0.25) is 0 Å². The molecule has 2 rings (SSSR count). The fourth-order valence-corrected chi connectivity index (χ4v) is 2.59. The van der Waals surface area contributed by atoms with Crippen molar-refractivity contribution < 1.29 is 9.18 Å². The molecule has 0 fully saturated rings. The van der Waals surface area contributed by atoms with Crippen LogP contribution < -0.4 is 5.32 Å². The number of carbonyl (C=O) groups is 1. The Labute approximate surface area is 147 Å². The highest BCUT2D eigenvalue weighted by molar-refractivity contribution is 6.31. The number of hydrogen-bond acceptors (Lipinski definition) is 2. The van der Waals surface area contributed by atoms with Gasteiger partial charge in [-0.25, -0.2) is 4.39 Å². The molecule has 0 aromatic heterocycles. The summed E-state index contributed by atoms with van der Waals surface area (Å²) >= 11 is 5.81. The van der Waals surface area contributed by atoms with Crippen molar-refractivity contribution in [2.75, 3.05) is 13.1 Å². The summed E-state index contributed by atoms with van der Waals surface area (Å²) in [5.74, 6) is -1.05. The molecule has 5 heteroatoms. The summed E-state index contributed by atoms with van der Waals surface area (Å²) in [6.45, 7) is 7.56. The standard InChI is InChI=1S/C19H22ClFN2O/c1-3-23(4-2)13-15-7-5-14(6-8-15)12-22-19(24)17-11-16(20)9-10-18(17)21/h5-11H,3-4,12-13H2,1-2H3,(H,22,24). The first kappa shape index (κ1) is 18.4. The zero-order valence-corrected chi connectivity index (χ0v) is 14.7. The van der Waals surface area contributed by atoms with Crippen LogP contribution in [-0.4, -0.2) is 23.9 Å². The van der Waals surface area contributed by atoms with Crippen LogP contribution in [0.4, 0.5) is 4.39 Å². The van der Waals surface area contributed by atoms with Gasteiger partial charge in [0.15, 0.2) is 0 Å². The molecule has 0 bridgehead atoms. The lowest BCUT2D eigenvalue weighted by Crippen LogP contribution is -2.24. The Balaban J connectivity index is 1.94. The van der Waals surface area contributed by atoms with Crippen LogP contribution in [0.15, 0.2) is 42.5 Å². The second-order valence-corrected chi connectivity index (χ2v) is 6.02. The van der Waals surface area contributed by atoms with Gasteiger partial charge in [-0.2, -0.15) is 0 Å². The van der Waals surface area contributed by atoms with Gasteiger partial charge in [0.05, 0.1) is 5.56 Å². The van der Waals surface area contributed by atoms with Crippen molar-refractivity contribution in [3.05, 3.63) is 70.0 Å². The number of benzene rings is 2. The summed E-state index contributed by atoms with van der Waals surface area (Å²) in [6.07, 6.45) is 0. The summed E-state index contributed by atoms with van der Waals surface area (Å²) in [4.78, 5) is 14.4. The maximum atomic E-state index is 13.7. The van der Waals surface area contributed by atoms with E-state index in [0.717, 1.165) is 25.2 Å². The van der Waals surface area contributed by atoms with Gasteiger partial charge >= 0.3 is 0 Å². The Kier molecular flexibility index (Phi) is 6.76. The number of hydrogen-bond donors (Lipinski definition) is 1. The Morgan fingerprint density at radius 1 is 1.08 bits per heavy atom. The van der Waals surface area contributed by atoms with Crippen molar-refractivity contribution in [2.24, 2.45) is 0 Å². The summed E-state index contributed by atoms with van der Waals surface area (Å²) in [7, 11) is 0. The van der Waals surface area contributed by atoms with E-state index in [1.165, 1.54) is 23.8 Å².